The molecule has 0 spiro atoms. The van der Waals surface area contributed by atoms with Crippen molar-refractivity contribution >= 4 is 38.0 Å². The van der Waals surface area contributed by atoms with Crippen molar-refractivity contribution in [3.63, 3.8) is 0 Å². The minimum Gasteiger partial charge on any atom is -0.512 e. The van der Waals surface area contributed by atoms with Gasteiger partial charge in [0.2, 0.25) is 0 Å². The van der Waals surface area contributed by atoms with Crippen molar-refractivity contribution < 1.29 is 43.2 Å². The van der Waals surface area contributed by atoms with Crippen molar-refractivity contribution in [3.05, 3.63) is 101 Å². The summed E-state index contributed by atoms with van der Waals surface area (Å²) in [6.45, 7) is 21.5. The Morgan fingerprint density at radius 1 is 0.891 bits per heavy atom. The van der Waals surface area contributed by atoms with Crippen LogP contribution in [-0.2, 0) is 36.7 Å². The first-order valence-electron chi connectivity index (χ1n) is 19.2. The molecule has 2 heterocycles. The zero-order valence-electron chi connectivity index (χ0n) is 34.2. The van der Waals surface area contributed by atoms with Crippen molar-refractivity contribution in [2.45, 2.75) is 120 Å². The number of nitrogens with zero attached hydrogens (tertiary/aromatic N) is 1. The molecule has 0 saturated carbocycles. The van der Waals surface area contributed by atoms with E-state index in [4.69, 9.17) is 4.98 Å². The number of pyridine rings is 1. The third-order valence-corrected chi connectivity index (χ3v) is 12.0. The van der Waals surface area contributed by atoms with Gasteiger partial charge in [-0.15, -0.1) is 40.5 Å². The third kappa shape index (κ3) is 10.6. The molecule has 2 aromatic heterocycles. The molecule has 0 fully saturated rings. The number of aliphatic hydroxyl groups excluding tert-OH is 1. The van der Waals surface area contributed by atoms with Crippen LogP contribution in [0.5, 0.6) is 0 Å². The van der Waals surface area contributed by atoms with Crippen LogP contribution in [0, 0.1) is 37.2 Å². The fraction of sp³-hybridized carbons (Fsp3) is 0.447. The van der Waals surface area contributed by atoms with E-state index in [1.165, 1.54) is 36.3 Å². The number of aliphatic hydroxyl groups is 1. The second-order valence-corrected chi connectivity index (χ2v) is 17.2. The quantitative estimate of drug-likeness (QED) is 0.0815. The van der Waals surface area contributed by atoms with E-state index < -0.39 is 11.6 Å². The summed E-state index contributed by atoms with van der Waals surface area (Å²) >= 11 is 1.69. The topological polar surface area (TPSA) is 50.2 Å². The molecule has 5 aromatic rings. The molecule has 3 nitrogen and oxygen atoms in total. The summed E-state index contributed by atoms with van der Waals surface area (Å²) in [6, 6.07) is 21.8. The number of thiophene rings is 1. The zero-order valence-corrected chi connectivity index (χ0v) is 37.4. The van der Waals surface area contributed by atoms with E-state index in [9.17, 15) is 23.1 Å². The van der Waals surface area contributed by atoms with Crippen LogP contribution in [0.15, 0.2) is 72.6 Å². The largest absolute Gasteiger partial charge is 0.512 e. The van der Waals surface area contributed by atoms with Crippen molar-refractivity contribution in [1.29, 1.82) is 0 Å². The third-order valence-electron chi connectivity index (χ3n) is 10.7. The van der Waals surface area contributed by atoms with Gasteiger partial charge in [0.05, 0.1) is 11.2 Å². The van der Waals surface area contributed by atoms with Gasteiger partial charge < -0.3 is 5.11 Å². The van der Waals surface area contributed by atoms with Crippen LogP contribution in [0.3, 0.4) is 0 Å². The molecule has 1 radical (unpaired) electrons. The standard InChI is InChI=1S/C34H33F3NS.C13H24O2.Ir/c1-20-19-38-29(25-16-24-10-8-9-11-26(24)27(17-25)32(3,4)5)31-28(20)21(2)30(39-31)23-14-12-22(13-15-23)18-33(6,7)34(35,36)37;1-5-10(6-2)12(14)9-13(15)11(7-3)8-4;/h8-15,17,19H,18H2,1-7H3;9-11,14H,5-8H2,1-4H3;/q-1;;/b;12-9-;. The maximum atomic E-state index is 13.4. The van der Waals surface area contributed by atoms with Crippen molar-refractivity contribution in [3.8, 4) is 21.7 Å². The monoisotopic (exact) mass is 949 g/mol. The van der Waals surface area contributed by atoms with Crippen molar-refractivity contribution in [1.82, 2.24) is 4.98 Å². The summed E-state index contributed by atoms with van der Waals surface area (Å²) < 4.78 is 41.4. The van der Waals surface area contributed by atoms with E-state index in [1.807, 2.05) is 64.2 Å². The number of allylic oxidation sites excluding steroid dienone is 2. The van der Waals surface area contributed by atoms with Gasteiger partial charge >= 0.3 is 6.18 Å². The average Bonchev–Trinajstić information content (AvgIpc) is 3.46. The first kappa shape index (κ1) is 46.1. The van der Waals surface area contributed by atoms with Gasteiger partial charge in [0, 0.05) is 59.5 Å². The number of carbonyl (C=O) groups is 1. The summed E-state index contributed by atoms with van der Waals surface area (Å²) in [7, 11) is 0. The Morgan fingerprint density at radius 2 is 1.47 bits per heavy atom. The Kier molecular flexibility index (Phi) is 15.7. The molecule has 0 saturated heterocycles. The number of benzene rings is 3. The van der Waals surface area contributed by atoms with Gasteiger partial charge in [-0.05, 0) is 79.0 Å². The minimum atomic E-state index is -4.25. The number of hydrogen-bond acceptors (Lipinski definition) is 4. The Balaban J connectivity index is 0.000000433. The predicted octanol–water partition coefficient (Wildman–Crippen LogP) is 14.5. The number of aryl methyl sites for hydroxylation is 2. The Bertz CT molecular complexity index is 2100. The van der Waals surface area contributed by atoms with Gasteiger partial charge in [0.25, 0.3) is 0 Å². The summed E-state index contributed by atoms with van der Waals surface area (Å²) in [5.74, 6) is 0.547. The maximum absolute atomic E-state index is 13.4. The number of carbonyl (C=O) groups excluding carboxylic acids is 1. The molecule has 0 bridgehead atoms. The van der Waals surface area contributed by atoms with E-state index in [0.717, 1.165) is 68.6 Å². The second-order valence-electron chi connectivity index (χ2n) is 16.2. The molecule has 0 amide bonds. The number of aromatic nitrogens is 1. The fourth-order valence-electron chi connectivity index (χ4n) is 7.05. The zero-order chi connectivity index (χ0) is 40.2. The van der Waals surface area contributed by atoms with Crippen molar-refractivity contribution in [2.75, 3.05) is 0 Å². The summed E-state index contributed by atoms with van der Waals surface area (Å²) in [4.78, 5) is 17.7. The molecule has 0 aliphatic rings. The van der Waals surface area contributed by atoms with Crippen LogP contribution in [0.2, 0.25) is 0 Å². The summed E-state index contributed by atoms with van der Waals surface area (Å²) in [5.41, 5.74) is 5.27. The van der Waals surface area contributed by atoms with E-state index >= 15 is 0 Å². The van der Waals surface area contributed by atoms with Crippen LogP contribution in [0.4, 0.5) is 13.2 Å². The smallest absolute Gasteiger partial charge is 0.394 e. The molecule has 55 heavy (non-hydrogen) atoms. The normalized spacial score (nSPS) is 12.6. The van der Waals surface area contributed by atoms with E-state index in [1.54, 1.807) is 11.3 Å². The summed E-state index contributed by atoms with van der Waals surface area (Å²) in [6.07, 6.45) is 2.54. The predicted molar refractivity (Wildman–Crippen MR) is 222 cm³/mol. The Morgan fingerprint density at radius 3 is 2.02 bits per heavy atom. The number of ketones is 1. The Labute approximate surface area is 344 Å². The van der Waals surface area contributed by atoms with Crippen LogP contribution in [0.25, 0.3) is 42.6 Å². The number of alkyl halides is 3. The van der Waals surface area contributed by atoms with Gasteiger partial charge in [-0.2, -0.15) is 13.2 Å². The molecular formula is C47H57F3IrNO2S-. The van der Waals surface area contributed by atoms with Gasteiger partial charge in [0.1, 0.15) is 0 Å². The molecule has 0 aliphatic carbocycles. The first-order valence-corrected chi connectivity index (χ1v) is 20.0. The molecule has 0 unspecified atom stereocenters. The SMILES string of the molecule is CCC(CC)C(=O)/C=C(\O)C(CC)CC.Cc1cnc(-c2[c-]c3ccccc3c(C(C)(C)C)c2)c2sc(-c3ccc(CC(C)(C)C(F)(F)F)cc3)c(C)c12.[Ir]. The van der Waals surface area contributed by atoms with Gasteiger partial charge in [-0.25, -0.2) is 0 Å². The second kappa shape index (κ2) is 18.7. The molecule has 5 rings (SSSR count). The van der Waals surface area contributed by atoms with Gasteiger partial charge in [-0.1, -0.05) is 116 Å². The molecular weight excluding hydrogens is 892 g/mol. The minimum absolute atomic E-state index is 0. The van der Waals surface area contributed by atoms with Crippen molar-refractivity contribution in [2.24, 2.45) is 17.3 Å². The van der Waals surface area contributed by atoms with Crippen LogP contribution in [0.1, 0.15) is 110 Å². The van der Waals surface area contributed by atoms with Crippen LogP contribution in [-0.4, -0.2) is 22.1 Å². The molecule has 1 N–H and O–H groups in total. The molecule has 0 aliphatic heterocycles. The average molecular weight is 949 g/mol. The number of rotatable bonds is 11. The van der Waals surface area contributed by atoms with Gasteiger partial charge in [-0.3, -0.25) is 9.78 Å². The van der Waals surface area contributed by atoms with E-state index in [-0.39, 0.29) is 55.3 Å². The van der Waals surface area contributed by atoms with Gasteiger partial charge in [0.15, 0.2) is 5.78 Å². The molecule has 3 aromatic carbocycles. The number of halogens is 3. The fourth-order valence-corrected chi connectivity index (χ4v) is 8.44. The summed E-state index contributed by atoms with van der Waals surface area (Å²) in [5, 5.41) is 13.2. The maximum Gasteiger partial charge on any atom is 0.394 e. The molecule has 299 valence electrons. The van der Waals surface area contributed by atoms with Crippen LogP contribution >= 0.6 is 11.3 Å². The molecule has 8 heteroatoms. The van der Waals surface area contributed by atoms with E-state index in [0.29, 0.717) is 5.56 Å². The molecule has 0 atom stereocenters. The van der Waals surface area contributed by atoms with E-state index in [2.05, 4.69) is 65.0 Å². The Hall–Kier alpha value is -3.32. The number of fused-ring (bicyclic) bond motifs is 2. The van der Waals surface area contributed by atoms with Crippen LogP contribution < -0.4 is 0 Å². The first-order chi connectivity index (χ1) is 25.3. The number of hydrogen-bond donors (Lipinski definition) is 1.